The summed E-state index contributed by atoms with van der Waals surface area (Å²) in [6, 6.07) is 14.4. The summed E-state index contributed by atoms with van der Waals surface area (Å²) in [6.07, 6.45) is 4.35. The van der Waals surface area contributed by atoms with E-state index >= 15 is 0 Å². The van der Waals surface area contributed by atoms with E-state index in [1.807, 2.05) is 37.6 Å². The average Bonchev–Trinajstić information content (AvgIpc) is 3.54. The summed E-state index contributed by atoms with van der Waals surface area (Å²) >= 11 is 0. The smallest absolute Gasteiger partial charge is 0.222 e. The van der Waals surface area contributed by atoms with Gasteiger partial charge in [0, 0.05) is 25.2 Å². The normalized spacial score (nSPS) is 18.0. The van der Waals surface area contributed by atoms with Crippen LogP contribution in [0.15, 0.2) is 42.5 Å². The van der Waals surface area contributed by atoms with Crippen molar-refractivity contribution in [2.75, 3.05) is 13.1 Å². The van der Waals surface area contributed by atoms with Crippen molar-refractivity contribution in [3.63, 3.8) is 0 Å². The first-order chi connectivity index (χ1) is 16.9. The van der Waals surface area contributed by atoms with Gasteiger partial charge in [-0.2, -0.15) is 9.61 Å². The molecule has 0 spiro atoms. The average molecular weight is 472 g/mol. The SMILES string of the molecule is CCC1(Cc2ccccc2)CCN(C(=O)CCc2c(C)nn(-c3ccc4nnc(C)n4n3)c2C)C1. The largest absolute Gasteiger partial charge is 0.342 e. The third-order valence-corrected chi connectivity index (χ3v) is 7.61. The van der Waals surface area contributed by atoms with E-state index in [0.717, 1.165) is 55.1 Å². The molecule has 0 radical (unpaired) electrons. The maximum atomic E-state index is 13.2. The van der Waals surface area contributed by atoms with Crippen LogP contribution in [0.5, 0.6) is 0 Å². The quantitative estimate of drug-likeness (QED) is 0.406. The molecule has 1 atom stereocenters. The van der Waals surface area contributed by atoms with Gasteiger partial charge < -0.3 is 4.90 Å². The number of aryl methyl sites for hydroxylation is 2. The van der Waals surface area contributed by atoms with Crippen LogP contribution in [0.25, 0.3) is 11.5 Å². The third kappa shape index (κ3) is 4.45. The van der Waals surface area contributed by atoms with Crippen LogP contribution in [-0.2, 0) is 17.6 Å². The van der Waals surface area contributed by atoms with Gasteiger partial charge in [-0.1, -0.05) is 37.3 Å². The van der Waals surface area contributed by atoms with Gasteiger partial charge in [0.25, 0.3) is 0 Å². The number of nitrogens with zero attached hydrogens (tertiary/aromatic N) is 7. The van der Waals surface area contributed by atoms with Crippen molar-refractivity contribution < 1.29 is 4.79 Å². The lowest BCUT2D eigenvalue weighted by Gasteiger charge is -2.28. The van der Waals surface area contributed by atoms with Gasteiger partial charge in [0.1, 0.15) is 0 Å². The molecule has 1 fully saturated rings. The molecular weight excluding hydrogens is 438 g/mol. The molecule has 4 aromatic rings. The number of hydrogen-bond acceptors (Lipinski definition) is 5. The molecular formula is C27H33N7O. The Kier molecular flexibility index (Phi) is 6.13. The molecule has 0 N–H and O–H groups in total. The number of likely N-dealkylation sites (tertiary alicyclic amines) is 1. The van der Waals surface area contributed by atoms with Gasteiger partial charge in [-0.15, -0.1) is 15.3 Å². The molecule has 0 bridgehead atoms. The first-order valence-electron chi connectivity index (χ1n) is 12.5. The Labute approximate surface area is 206 Å². The first kappa shape index (κ1) is 23.2. The van der Waals surface area contributed by atoms with Gasteiger partial charge in [-0.3, -0.25) is 4.79 Å². The maximum Gasteiger partial charge on any atom is 0.222 e. The maximum absolute atomic E-state index is 13.2. The zero-order valence-corrected chi connectivity index (χ0v) is 21.0. The van der Waals surface area contributed by atoms with Crippen LogP contribution in [0, 0.1) is 26.2 Å². The number of amides is 1. The molecule has 0 saturated carbocycles. The molecule has 5 rings (SSSR count). The highest BCUT2D eigenvalue weighted by atomic mass is 16.2. The molecule has 4 heterocycles. The van der Waals surface area contributed by atoms with Crippen molar-refractivity contribution in [3.8, 4) is 5.82 Å². The fourth-order valence-electron chi connectivity index (χ4n) is 5.38. The van der Waals surface area contributed by atoms with Crippen LogP contribution >= 0.6 is 0 Å². The number of benzene rings is 1. The van der Waals surface area contributed by atoms with E-state index in [1.54, 1.807) is 4.52 Å². The molecule has 0 aliphatic carbocycles. The minimum Gasteiger partial charge on any atom is -0.342 e. The number of rotatable bonds is 7. The van der Waals surface area contributed by atoms with E-state index in [0.29, 0.717) is 24.3 Å². The molecule has 1 aliphatic rings. The number of carbonyl (C=O) groups excluding carboxylic acids is 1. The van der Waals surface area contributed by atoms with Gasteiger partial charge in [0.2, 0.25) is 5.91 Å². The zero-order valence-electron chi connectivity index (χ0n) is 21.0. The van der Waals surface area contributed by atoms with E-state index < -0.39 is 0 Å². The second kappa shape index (κ2) is 9.24. The monoisotopic (exact) mass is 471 g/mol. The van der Waals surface area contributed by atoms with Crippen molar-refractivity contribution in [2.45, 2.75) is 59.8 Å². The number of fused-ring (bicyclic) bond motifs is 1. The van der Waals surface area contributed by atoms with E-state index in [9.17, 15) is 4.79 Å². The topological polar surface area (TPSA) is 81.2 Å². The zero-order chi connectivity index (χ0) is 24.6. The fourth-order valence-corrected chi connectivity index (χ4v) is 5.38. The molecule has 1 saturated heterocycles. The summed E-state index contributed by atoms with van der Waals surface area (Å²) < 4.78 is 3.57. The summed E-state index contributed by atoms with van der Waals surface area (Å²) in [4.78, 5) is 15.3. The van der Waals surface area contributed by atoms with Gasteiger partial charge in [0.15, 0.2) is 17.3 Å². The summed E-state index contributed by atoms with van der Waals surface area (Å²) in [6.45, 7) is 9.87. The standard InChI is InChI=1S/C27H33N7O/c1-5-27(17-22-9-7-6-8-10-22)15-16-32(18-27)26(35)14-11-23-19(2)30-33(20(23)3)25-13-12-24-29-28-21(4)34(24)31-25/h6-10,12-13H,5,11,14-18H2,1-4H3. The van der Waals surface area contributed by atoms with E-state index in [1.165, 1.54) is 5.56 Å². The summed E-state index contributed by atoms with van der Waals surface area (Å²) in [7, 11) is 0. The van der Waals surface area contributed by atoms with Crippen LogP contribution in [0.1, 0.15) is 54.5 Å². The van der Waals surface area contributed by atoms with E-state index in [-0.39, 0.29) is 11.3 Å². The summed E-state index contributed by atoms with van der Waals surface area (Å²) in [5, 5.41) is 17.6. The third-order valence-electron chi connectivity index (χ3n) is 7.61. The lowest BCUT2D eigenvalue weighted by molar-refractivity contribution is -0.130. The lowest BCUT2D eigenvalue weighted by atomic mass is 9.78. The highest BCUT2D eigenvalue weighted by Crippen LogP contribution is 2.37. The van der Waals surface area contributed by atoms with Crippen molar-refractivity contribution in [3.05, 3.63) is 70.8 Å². The molecule has 3 aromatic heterocycles. The minimum atomic E-state index is 0.179. The van der Waals surface area contributed by atoms with Crippen molar-refractivity contribution >= 4 is 11.6 Å². The van der Waals surface area contributed by atoms with Gasteiger partial charge in [-0.25, -0.2) is 4.68 Å². The molecule has 1 amide bonds. The summed E-state index contributed by atoms with van der Waals surface area (Å²) in [5.74, 6) is 1.68. The number of hydrogen-bond donors (Lipinski definition) is 0. The molecule has 182 valence electrons. The highest BCUT2D eigenvalue weighted by Gasteiger charge is 2.38. The Morgan fingerprint density at radius 2 is 1.83 bits per heavy atom. The summed E-state index contributed by atoms with van der Waals surface area (Å²) in [5.41, 5.74) is 5.31. The fraction of sp³-hybridized carbons (Fsp3) is 0.444. The predicted octanol–water partition coefficient (Wildman–Crippen LogP) is 4.04. The van der Waals surface area contributed by atoms with Gasteiger partial charge in [0.05, 0.1) is 5.69 Å². The molecule has 8 nitrogen and oxygen atoms in total. The number of aromatic nitrogens is 6. The van der Waals surface area contributed by atoms with Gasteiger partial charge >= 0.3 is 0 Å². The Morgan fingerprint density at radius 1 is 1.03 bits per heavy atom. The van der Waals surface area contributed by atoms with Crippen LogP contribution in [-0.4, -0.2) is 53.5 Å². The second-order valence-electron chi connectivity index (χ2n) is 9.85. The number of carbonyl (C=O) groups is 1. The lowest BCUT2D eigenvalue weighted by Crippen LogP contribution is -2.33. The molecule has 8 heteroatoms. The van der Waals surface area contributed by atoms with E-state index in [2.05, 4.69) is 57.5 Å². The van der Waals surface area contributed by atoms with Crippen molar-refractivity contribution in [1.82, 2.24) is 34.5 Å². The van der Waals surface area contributed by atoms with Crippen molar-refractivity contribution in [1.29, 1.82) is 0 Å². The van der Waals surface area contributed by atoms with Crippen LogP contribution in [0.4, 0.5) is 0 Å². The van der Waals surface area contributed by atoms with Gasteiger partial charge in [-0.05, 0) is 75.1 Å². The van der Waals surface area contributed by atoms with Crippen LogP contribution in [0.3, 0.4) is 0 Å². The van der Waals surface area contributed by atoms with Crippen LogP contribution < -0.4 is 0 Å². The Balaban J connectivity index is 1.27. The molecule has 1 aromatic carbocycles. The van der Waals surface area contributed by atoms with E-state index in [4.69, 9.17) is 5.10 Å². The first-order valence-corrected chi connectivity index (χ1v) is 12.5. The minimum absolute atomic E-state index is 0.179. The Bertz CT molecular complexity index is 1360. The predicted molar refractivity (Wildman–Crippen MR) is 135 cm³/mol. The Morgan fingerprint density at radius 3 is 2.60 bits per heavy atom. The molecule has 35 heavy (non-hydrogen) atoms. The Hall–Kier alpha value is -3.55. The van der Waals surface area contributed by atoms with Crippen molar-refractivity contribution in [2.24, 2.45) is 5.41 Å². The molecule has 1 unspecified atom stereocenters. The second-order valence-corrected chi connectivity index (χ2v) is 9.85. The molecule has 1 aliphatic heterocycles. The highest BCUT2D eigenvalue weighted by molar-refractivity contribution is 5.77. The van der Waals surface area contributed by atoms with Crippen LogP contribution in [0.2, 0.25) is 0 Å².